The molecule has 1 N–H and O–H groups in total. The highest BCUT2D eigenvalue weighted by atomic mass is 16.5. The number of carbonyl (C=O) groups is 1. The average molecular weight is 368 g/mol. The third kappa shape index (κ3) is 3.45. The molecule has 0 spiro atoms. The molecule has 28 heavy (non-hydrogen) atoms. The lowest BCUT2D eigenvalue weighted by Crippen LogP contribution is -2.18. The predicted molar refractivity (Wildman–Crippen MR) is 114 cm³/mol. The zero-order chi connectivity index (χ0) is 19.3. The first-order valence-electron chi connectivity index (χ1n) is 9.23. The van der Waals surface area contributed by atoms with Gasteiger partial charge in [0.1, 0.15) is 5.75 Å². The minimum Gasteiger partial charge on any atom is -0.493 e. The van der Waals surface area contributed by atoms with E-state index >= 15 is 0 Å². The second kappa shape index (κ2) is 7.92. The lowest BCUT2D eigenvalue weighted by molar-refractivity contribution is 0.0951. The van der Waals surface area contributed by atoms with Crippen LogP contribution in [0.2, 0.25) is 0 Å². The van der Waals surface area contributed by atoms with Crippen LogP contribution in [0.3, 0.4) is 0 Å². The summed E-state index contributed by atoms with van der Waals surface area (Å²) in [5.41, 5.74) is 4.07. The standard InChI is InChI=1S/C24H20N2O2/c1-2-28-23-14-8-7-13-21(23)24(27)26-25-16-22-19-11-5-3-9-17(19)15-18-10-4-6-12-20(18)22/h3-16H,2H2,1H3,(H,26,27). The van der Waals surface area contributed by atoms with E-state index in [9.17, 15) is 4.79 Å². The molecule has 4 aromatic carbocycles. The number of nitrogens with zero attached hydrogens (tertiary/aromatic N) is 1. The van der Waals surface area contributed by atoms with Crippen LogP contribution in [0.25, 0.3) is 21.5 Å². The first-order chi connectivity index (χ1) is 13.8. The van der Waals surface area contributed by atoms with Crippen molar-refractivity contribution >= 4 is 33.7 Å². The Morgan fingerprint density at radius 1 is 0.929 bits per heavy atom. The van der Waals surface area contributed by atoms with Crippen LogP contribution >= 0.6 is 0 Å². The summed E-state index contributed by atoms with van der Waals surface area (Å²) >= 11 is 0. The van der Waals surface area contributed by atoms with Crippen molar-refractivity contribution < 1.29 is 9.53 Å². The highest BCUT2D eigenvalue weighted by molar-refractivity contribution is 6.13. The maximum atomic E-state index is 12.6. The van der Waals surface area contributed by atoms with Gasteiger partial charge < -0.3 is 4.74 Å². The van der Waals surface area contributed by atoms with Crippen LogP contribution < -0.4 is 10.2 Å². The molecule has 0 aliphatic heterocycles. The lowest BCUT2D eigenvalue weighted by Gasteiger charge is -2.09. The van der Waals surface area contributed by atoms with Gasteiger partial charge in [-0.15, -0.1) is 0 Å². The van der Waals surface area contributed by atoms with Crippen molar-refractivity contribution in [1.29, 1.82) is 0 Å². The molecule has 0 aliphatic carbocycles. The largest absolute Gasteiger partial charge is 0.493 e. The molecule has 0 saturated carbocycles. The first-order valence-corrected chi connectivity index (χ1v) is 9.23. The normalized spacial score (nSPS) is 11.2. The molecule has 0 unspecified atom stereocenters. The number of hydrazone groups is 1. The Kier molecular flexibility index (Phi) is 5.02. The smallest absolute Gasteiger partial charge is 0.275 e. The van der Waals surface area contributed by atoms with Crippen molar-refractivity contribution in [3.8, 4) is 5.75 Å². The van der Waals surface area contributed by atoms with Crippen LogP contribution in [0, 0.1) is 0 Å². The molecule has 1 amide bonds. The molecule has 4 rings (SSSR count). The fourth-order valence-corrected chi connectivity index (χ4v) is 3.34. The second-order valence-corrected chi connectivity index (χ2v) is 6.36. The zero-order valence-corrected chi connectivity index (χ0v) is 15.6. The number of fused-ring (bicyclic) bond motifs is 2. The Balaban J connectivity index is 1.68. The molecular weight excluding hydrogens is 348 g/mol. The fourth-order valence-electron chi connectivity index (χ4n) is 3.34. The van der Waals surface area contributed by atoms with Gasteiger partial charge in [0.25, 0.3) is 5.91 Å². The van der Waals surface area contributed by atoms with Gasteiger partial charge in [0, 0.05) is 5.56 Å². The molecule has 0 saturated heterocycles. The second-order valence-electron chi connectivity index (χ2n) is 6.36. The number of amides is 1. The van der Waals surface area contributed by atoms with Crippen molar-refractivity contribution in [1.82, 2.24) is 5.43 Å². The van der Waals surface area contributed by atoms with Crippen molar-refractivity contribution in [2.45, 2.75) is 6.92 Å². The summed E-state index contributed by atoms with van der Waals surface area (Å²) < 4.78 is 5.53. The SMILES string of the molecule is CCOc1ccccc1C(=O)NN=Cc1c2ccccc2cc2ccccc12. The monoisotopic (exact) mass is 368 g/mol. The van der Waals surface area contributed by atoms with E-state index in [0.717, 1.165) is 27.1 Å². The number of ether oxygens (including phenoxy) is 1. The topological polar surface area (TPSA) is 50.7 Å². The molecule has 0 bridgehead atoms. The fraction of sp³-hybridized carbons (Fsp3) is 0.0833. The van der Waals surface area contributed by atoms with E-state index in [1.165, 1.54) is 0 Å². The van der Waals surface area contributed by atoms with E-state index in [1.54, 1.807) is 24.4 Å². The van der Waals surface area contributed by atoms with Gasteiger partial charge in [-0.1, -0.05) is 60.7 Å². The Hall–Kier alpha value is -3.66. The van der Waals surface area contributed by atoms with Crippen LogP contribution in [-0.2, 0) is 0 Å². The summed E-state index contributed by atoms with van der Waals surface area (Å²) in [6.45, 7) is 2.38. The number of hydrogen-bond acceptors (Lipinski definition) is 3. The van der Waals surface area contributed by atoms with Gasteiger partial charge in [0.15, 0.2) is 0 Å². The van der Waals surface area contributed by atoms with Crippen molar-refractivity contribution in [3.05, 3.63) is 90.0 Å². The summed E-state index contributed by atoms with van der Waals surface area (Å²) in [5.74, 6) is 0.248. The van der Waals surface area contributed by atoms with Gasteiger partial charge >= 0.3 is 0 Å². The van der Waals surface area contributed by atoms with E-state index in [-0.39, 0.29) is 5.91 Å². The third-order valence-electron chi connectivity index (χ3n) is 4.60. The van der Waals surface area contributed by atoms with E-state index < -0.39 is 0 Å². The molecule has 0 heterocycles. The molecule has 0 radical (unpaired) electrons. The number of para-hydroxylation sites is 1. The average Bonchev–Trinajstić information content (AvgIpc) is 2.73. The Bertz CT molecular complexity index is 1130. The number of nitrogens with one attached hydrogen (secondary N) is 1. The van der Waals surface area contributed by atoms with Crippen molar-refractivity contribution in [2.75, 3.05) is 6.61 Å². The molecule has 0 aliphatic rings. The van der Waals surface area contributed by atoms with E-state index in [1.807, 2.05) is 37.3 Å². The van der Waals surface area contributed by atoms with Gasteiger partial charge in [-0.05, 0) is 46.7 Å². The molecule has 4 heteroatoms. The van der Waals surface area contributed by atoms with Crippen LogP contribution in [0.1, 0.15) is 22.8 Å². The third-order valence-corrected chi connectivity index (χ3v) is 4.60. The molecule has 0 fully saturated rings. The molecular formula is C24H20N2O2. The summed E-state index contributed by atoms with van der Waals surface area (Å²) in [5, 5.41) is 8.69. The van der Waals surface area contributed by atoms with Gasteiger partial charge in [-0.25, -0.2) is 5.43 Å². The van der Waals surface area contributed by atoms with Crippen molar-refractivity contribution in [3.63, 3.8) is 0 Å². The highest BCUT2D eigenvalue weighted by Gasteiger charge is 2.11. The van der Waals surface area contributed by atoms with Crippen LogP contribution in [0.15, 0.2) is 84.0 Å². The van der Waals surface area contributed by atoms with Crippen LogP contribution in [0.5, 0.6) is 5.75 Å². The Labute approximate surface area is 163 Å². The maximum absolute atomic E-state index is 12.6. The van der Waals surface area contributed by atoms with Crippen LogP contribution in [-0.4, -0.2) is 18.7 Å². The summed E-state index contributed by atoms with van der Waals surface area (Å²) in [6, 6.07) is 25.7. The summed E-state index contributed by atoms with van der Waals surface area (Å²) in [7, 11) is 0. The van der Waals surface area contributed by atoms with Crippen molar-refractivity contribution in [2.24, 2.45) is 5.10 Å². The minimum absolute atomic E-state index is 0.301. The summed E-state index contributed by atoms with van der Waals surface area (Å²) in [4.78, 5) is 12.6. The quantitative estimate of drug-likeness (QED) is 0.301. The number of rotatable bonds is 5. The molecule has 0 aromatic heterocycles. The number of carbonyl (C=O) groups excluding carboxylic acids is 1. The molecule has 4 aromatic rings. The van der Waals surface area contributed by atoms with E-state index in [2.05, 4.69) is 40.9 Å². The van der Waals surface area contributed by atoms with Gasteiger partial charge in [0.05, 0.1) is 18.4 Å². The van der Waals surface area contributed by atoms with E-state index in [4.69, 9.17) is 4.74 Å². The molecule has 0 atom stereocenters. The molecule has 4 nitrogen and oxygen atoms in total. The van der Waals surface area contributed by atoms with Gasteiger partial charge in [-0.3, -0.25) is 4.79 Å². The van der Waals surface area contributed by atoms with Crippen LogP contribution in [0.4, 0.5) is 0 Å². The lowest BCUT2D eigenvalue weighted by atomic mass is 9.97. The number of hydrogen-bond donors (Lipinski definition) is 1. The highest BCUT2D eigenvalue weighted by Crippen LogP contribution is 2.27. The minimum atomic E-state index is -0.301. The maximum Gasteiger partial charge on any atom is 0.275 e. The van der Waals surface area contributed by atoms with Gasteiger partial charge in [0.2, 0.25) is 0 Å². The van der Waals surface area contributed by atoms with Gasteiger partial charge in [-0.2, -0.15) is 5.10 Å². The summed E-state index contributed by atoms with van der Waals surface area (Å²) in [6.07, 6.45) is 1.71. The zero-order valence-electron chi connectivity index (χ0n) is 15.6. The predicted octanol–water partition coefficient (Wildman–Crippen LogP) is 5.16. The molecule has 138 valence electrons. The van der Waals surface area contributed by atoms with E-state index in [0.29, 0.717) is 17.9 Å². The number of benzene rings is 4. The Morgan fingerprint density at radius 2 is 1.54 bits per heavy atom. The Morgan fingerprint density at radius 3 is 2.21 bits per heavy atom. The first kappa shape index (κ1) is 17.7.